The Bertz CT molecular complexity index is 1340. The summed E-state index contributed by atoms with van der Waals surface area (Å²) in [5.74, 6) is 1.02. The van der Waals surface area contributed by atoms with Crippen molar-refractivity contribution >= 4 is 22.4 Å². The summed E-state index contributed by atoms with van der Waals surface area (Å²) in [7, 11) is 0. The summed E-state index contributed by atoms with van der Waals surface area (Å²) in [6, 6.07) is 15.3. The van der Waals surface area contributed by atoms with Gasteiger partial charge >= 0.3 is 0 Å². The van der Waals surface area contributed by atoms with Crippen molar-refractivity contribution in [2.24, 2.45) is 0 Å². The van der Waals surface area contributed by atoms with Crippen LogP contribution in [0.2, 0.25) is 0 Å². The monoisotopic (exact) mass is 411 g/mol. The lowest BCUT2D eigenvalue weighted by molar-refractivity contribution is 0.617. The van der Waals surface area contributed by atoms with Crippen LogP contribution < -0.4 is 9.80 Å². The van der Waals surface area contributed by atoms with Gasteiger partial charge in [-0.1, -0.05) is 18.2 Å². The van der Waals surface area contributed by atoms with Crippen LogP contribution in [0.1, 0.15) is 12.0 Å². The number of piperazine rings is 1. The minimum absolute atomic E-state index is 0.216. The summed E-state index contributed by atoms with van der Waals surface area (Å²) in [6.45, 7) is 1.51. The van der Waals surface area contributed by atoms with E-state index in [1.807, 2.05) is 24.3 Å². The summed E-state index contributed by atoms with van der Waals surface area (Å²) in [6.07, 6.45) is 4.32. The highest BCUT2D eigenvalue weighted by Gasteiger charge is 2.44. The van der Waals surface area contributed by atoms with E-state index < -0.39 is 0 Å². The number of aromatic nitrogens is 4. The molecule has 2 fully saturated rings. The average Bonchev–Trinajstić information content (AvgIpc) is 3.54. The van der Waals surface area contributed by atoms with Gasteiger partial charge in [-0.3, -0.25) is 5.10 Å². The van der Waals surface area contributed by atoms with Gasteiger partial charge in [-0.25, -0.2) is 14.4 Å². The third kappa shape index (κ3) is 2.81. The Hall–Kier alpha value is -3.99. The van der Waals surface area contributed by atoms with Gasteiger partial charge in [0.2, 0.25) is 0 Å². The van der Waals surface area contributed by atoms with E-state index in [4.69, 9.17) is 4.98 Å². The van der Waals surface area contributed by atoms with Crippen LogP contribution in [0.15, 0.2) is 54.9 Å². The Balaban J connectivity index is 1.35. The van der Waals surface area contributed by atoms with Gasteiger partial charge in [-0.05, 0) is 30.7 Å². The highest BCUT2D eigenvalue weighted by atomic mass is 19.1. The number of anilines is 2. The summed E-state index contributed by atoms with van der Waals surface area (Å²) in [5, 5.41) is 17.7. The van der Waals surface area contributed by atoms with E-state index in [1.165, 1.54) is 6.07 Å². The van der Waals surface area contributed by atoms with Gasteiger partial charge in [0, 0.05) is 35.8 Å². The molecule has 2 bridgehead atoms. The lowest BCUT2D eigenvalue weighted by atomic mass is 10.1. The van der Waals surface area contributed by atoms with Crippen molar-refractivity contribution in [3.8, 4) is 17.5 Å². The second kappa shape index (κ2) is 6.77. The van der Waals surface area contributed by atoms with Crippen LogP contribution in [0, 0.1) is 17.1 Å². The molecule has 2 aliphatic rings. The number of fused-ring (bicyclic) bond motifs is 3. The number of H-pyrrole nitrogens is 1. The molecule has 2 aliphatic heterocycles. The standard InChI is InChI=1S/C23H18FN7/c24-15-3-1-4-16(7-15)30-12-18-8-17(30)13-31(18)23-14(9-25)10-26-22(28-23)19-5-2-6-21-20(19)11-27-29-21/h1-7,10-11,17-18H,8,12-13H2,(H,27,29)/t17-,18+/m0/s1. The van der Waals surface area contributed by atoms with Gasteiger partial charge in [0.05, 0.1) is 24.0 Å². The molecule has 4 heterocycles. The first kappa shape index (κ1) is 17.8. The zero-order chi connectivity index (χ0) is 20.9. The number of aromatic amines is 1. The van der Waals surface area contributed by atoms with Gasteiger partial charge in [-0.2, -0.15) is 10.4 Å². The smallest absolute Gasteiger partial charge is 0.162 e. The molecule has 0 saturated carbocycles. The molecule has 2 aromatic carbocycles. The third-order valence-corrected chi connectivity index (χ3v) is 6.27. The van der Waals surface area contributed by atoms with Crippen molar-refractivity contribution < 1.29 is 4.39 Å². The first-order valence-corrected chi connectivity index (χ1v) is 10.2. The van der Waals surface area contributed by atoms with Gasteiger partial charge in [0.25, 0.3) is 0 Å². The molecule has 2 atom stereocenters. The zero-order valence-corrected chi connectivity index (χ0v) is 16.5. The molecule has 0 unspecified atom stereocenters. The van der Waals surface area contributed by atoms with Crippen molar-refractivity contribution in [1.82, 2.24) is 20.2 Å². The molecular formula is C23H18FN7. The van der Waals surface area contributed by atoms with E-state index >= 15 is 0 Å². The van der Waals surface area contributed by atoms with Crippen LogP contribution in [-0.4, -0.2) is 45.3 Å². The highest BCUT2D eigenvalue weighted by Crippen LogP contribution is 2.38. The lowest BCUT2D eigenvalue weighted by Gasteiger charge is -2.36. The fourth-order valence-corrected chi connectivity index (χ4v) is 4.86. The van der Waals surface area contributed by atoms with Crippen molar-refractivity contribution in [3.63, 3.8) is 0 Å². The molecule has 4 aromatic rings. The number of hydrogen-bond donors (Lipinski definition) is 1. The SMILES string of the molecule is N#Cc1cnc(-c2cccc3[nH]ncc23)nc1N1C[C@@H]2C[C@@H]1CN2c1cccc(F)c1. The molecule has 7 nitrogen and oxygen atoms in total. The maximum Gasteiger partial charge on any atom is 0.162 e. The van der Waals surface area contributed by atoms with E-state index in [0.717, 1.165) is 41.7 Å². The third-order valence-electron chi connectivity index (χ3n) is 6.27. The fourth-order valence-electron chi connectivity index (χ4n) is 4.86. The van der Waals surface area contributed by atoms with Crippen LogP contribution in [0.25, 0.3) is 22.3 Å². The van der Waals surface area contributed by atoms with Gasteiger partial charge in [-0.15, -0.1) is 0 Å². The van der Waals surface area contributed by atoms with Gasteiger partial charge in [0.1, 0.15) is 17.4 Å². The van der Waals surface area contributed by atoms with Crippen LogP contribution >= 0.6 is 0 Å². The molecule has 0 spiro atoms. The number of nitrogens with zero attached hydrogens (tertiary/aromatic N) is 6. The quantitative estimate of drug-likeness (QED) is 0.556. The fraction of sp³-hybridized carbons (Fsp3) is 0.217. The van der Waals surface area contributed by atoms with E-state index in [9.17, 15) is 9.65 Å². The number of nitriles is 1. The van der Waals surface area contributed by atoms with Crippen molar-refractivity contribution in [3.05, 3.63) is 66.2 Å². The Morgan fingerprint density at radius 2 is 1.90 bits per heavy atom. The Kier molecular flexibility index (Phi) is 3.90. The van der Waals surface area contributed by atoms with Crippen LogP contribution in [0.3, 0.4) is 0 Å². The molecule has 2 saturated heterocycles. The minimum atomic E-state index is -0.224. The molecule has 0 radical (unpaired) electrons. The first-order valence-electron chi connectivity index (χ1n) is 10.2. The number of benzene rings is 2. The van der Waals surface area contributed by atoms with E-state index in [0.29, 0.717) is 17.2 Å². The summed E-state index contributed by atoms with van der Waals surface area (Å²) < 4.78 is 13.7. The summed E-state index contributed by atoms with van der Waals surface area (Å²) in [4.78, 5) is 13.8. The number of nitrogens with one attached hydrogen (secondary N) is 1. The van der Waals surface area contributed by atoms with Crippen LogP contribution in [0.4, 0.5) is 15.9 Å². The summed E-state index contributed by atoms with van der Waals surface area (Å²) in [5.41, 5.74) is 3.16. The largest absolute Gasteiger partial charge is 0.365 e. The average molecular weight is 411 g/mol. The highest BCUT2D eigenvalue weighted by molar-refractivity contribution is 5.92. The molecule has 152 valence electrons. The van der Waals surface area contributed by atoms with E-state index in [1.54, 1.807) is 24.5 Å². The molecule has 0 aliphatic carbocycles. The lowest BCUT2D eigenvalue weighted by Crippen LogP contribution is -2.47. The second-order valence-electron chi connectivity index (χ2n) is 8.01. The normalized spacial score (nSPS) is 19.9. The second-order valence-corrected chi connectivity index (χ2v) is 8.01. The molecule has 0 amide bonds. The Morgan fingerprint density at radius 1 is 1.06 bits per heavy atom. The molecular weight excluding hydrogens is 393 g/mol. The van der Waals surface area contributed by atoms with Crippen LogP contribution in [0.5, 0.6) is 0 Å². The predicted octanol–water partition coefficient (Wildman–Crippen LogP) is 3.50. The maximum atomic E-state index is 13.7. The zero-order valence-electron chi connectivity index (χ0n) is 16.5. The van der Waals surface area contributed by atoms with Crippen molar-refractivity contribution in [2.45, 2.75) is 18.5 Å². The minimum Gasteiger partial charge on any atom is -0.365 e. The van der Waals surface area contributed by atoms with Crippen molar-refractivity contribution in [2.75, 3.05) is 22.9 Å². The Morgan fingerprint density at radius 3 is 2.71 bits per heavy atom. The maximum absolute atomic E-state index is 13.7. The van der Waals surface area contributed by atoms with Crippen LogP contribution in [-0.2, 0) is 0 Å². The first-order chi connectivity index (χ1) is 15.2. The predicted molar refractivity (Wildman–Crippen MR) is 115 cm³/mol. The molecule has 2 aromatic heterocycles. The number of rotatable bonds is 3. The summed E-state index contributed by atoms with van der Waals surface area (Å²) >= 11 is 0. The number of halogens is 1. The van der Waals surface area contributed by atoms with Gasteiger partial charge < -0.3 is 9.80 Å². The molecule has 1 N–H and O–H groups in total. The topological polar surface area (TPSA) is 84.7 Å². The molecule has 8 heteroatoms. The number of hydrogen-bond acceptors (Lipinski definition) is 6. The van der Waals surface area contributed by atoms with E-state index in [-0.39, 0.29) is 17.9 Å². The van der Waals surface area contributed by atoms with Crippen molar-refractivity contribution in [1.29, 1.82) is 5.26 Å². The Labute approximate surface area is 177 Å². The van der Waals surface area contributed by atoms with E-state index in [2.05, 4.69) is 31.1 Å². The van der Waals surface area contributed by atoms with Gasteiger partial charge in [0.15, 0.2) is 11.6 Å². The molecule has 6 rings (SSSR count). The molecule has 31 heavy (non-hydrogen) atoms.